The second-order valence-electron chi connectivity index (χ2n) is 9.36. The smallest absolute Gasteiger partial charge is 0.307 e. The van der Waals surface area contributed by atoms with Gasteiger partial charge in [0.15, 0.2) is 4.33 Å². The highest BCUT2D eigenvalue weighted by atomic mass is 35.5. The summed E-state index contributed by atoms with van der Waals surface area (Å²) in [6.45, 7) is 7.06. The molecular weight excluding hydrogens is 539 g/mol. The zero-order valence-electron chi connectivity index (χ0n) is 18.3. The summed E-state index contributed by atoms with van der Waals surface area (Å²) in [5.41, 5.74) is 0. The lowest BCUT2D eigenvalue weighted by atomic mass is 9.58. The van der Waals surface area contributed by atoms with Crippen LogP contribution in [0.5, 0.6) is 0 Å². The van der Waals surface area contributed by atoms with Gasteiger partial charge >= 0.3 is 5.97 Å². The number of fused-ring (bicyclic) bond motifs is 5. The largest absolute Gasteiger partial charge is 0.481 e. The van der Waals surface area contributed by atoms with Crippen molar-refractivity contribution >= 4 is 81.5 Å². The van der Waals surface area contributed by atoms with Crippen LogP contribution in [0.4, 0.5) is 0 Å². The molecule has 2 fully saturated rings. The normalized spacial score (nSPS) is 39.8. The Kier molecular flexibility index (Phi) is 7.99. The summed E-state index contributed by atoms with van der Waals surface area (Å²) in [6.07, 6.45) is 3.75. The standard InChI is InChI=1S/C22H29Cl6NO3/c1-4-6-8-29(9-7-5-2)18(30)12-10-13-15(11(3)14(12)19(31)32)21(26)17(24)16(23)20(13,25)22(21,27)28/h11-15H,4-10H2,1-3H3,(H,31,32)/t11-,12-,13-,14+,15-,20+,21+/m1/s1. The molecule has 3 rings (SSSR count). The fourth-order valence-electron chi connectivity index (χ4n) is 6.10. The van der Waals surface area contributed by atoms with Crippen molar-refractivity contribution in [2.75, 3.05) is 13.1 Å². The van der Waals surface area contributed by atoms with E-state index >= 15 is 0 Å². The second kappa shape index (κ2) is 9.47. The average molecular weight is 568 g/mol. The van der Waals surface area contributed by atoms with Gasteiger partial charge in [-0.3, -0.25) is 9.59 Å². The van der Waals surface area contributed by atoms with Crippen molar-refractivity contribution < 1.29 is 14.7 Å². The Morgan fingerprint density at radius 2 is 1.50 bits per heavy atom. The van der Waals surface area contributed by atoms with Crippen LogP contribution in [0.25, 0.3) is 0 Å². The quantitative estimate of drug-likeness (QED) is 0.326. The highest BCUT2D eigenvalue weighted by Crippen LogP contribution is 2.79. The molecule has 32 heavy (non-hydrogen) atoms. The lowest BCUT2D eigenvalue weighted by molar-refractivity contribution is -0.158. The summed E-state index contributed by atoms with van der Waals surface area (Å²) in [6, 6.07) is 0. The van der Waals surface area contributed by atoms with Crippen LogP contribution in [-0.2, 0) is 9.59 Å². The molecule has 2 saturated carbocycles. The van der Waals surface area contributed by atoms with E-state index in [1.807, 2.05) is 0 Å². The van der Waals surface area contributed by atoms with Gasteiger partial charge in [0, 0.05) is 13.1 Å². The molecule has 0 spiro atoms. The summed E-state index contributed by atoms with van der Waals surface area (Å²) >= 11 is 40.5. The van der Waals surface area contributed by atoms with Gasteiger partial charge in [0.25, 0.3) is 0 Å². The SMILES string of the molecule is CCCCN(CCCC)C(=O)[C@@H]1C[C@@H]2[C@@H]([C@H](C)[C@@H]1C(=O)O)[C@]1(Cl)C(Cl)=C(Cl)[C@]2(Cl)C1(Cl)Cl. The molecule has 182 valence electrons. The zero-order chi connectivity index (χ0) is 24.2. The van der Waals surface area contributed by atoms with Gasteiger partial charge in [-0.2, -0.15) is 0 Å². The minimum absolute atomic E-state index is 0.0652. The van der Waals surface area contributed by atoms with E-state index < -0.39 is 49.6 Å². The first-order chi connectivity index (χ1) is 14.8. The maximum Gasteiger partial charge on any atom is 0.307 e. The van der Waals surface area contributed by atoms with Gasteiger partial charge < -0.3 is 10.0 Å². The molecule has 1 amide bonds. The van der Waals surface area contributed by atoms with E-state index in [0.717, 1.165) is 25.7 Å². The number of halogens is 6. The van der Waals surface area contributed by atoms with Gasteiger partial charge in [-0.25, -0.2) is 0 Å². The van der Waals surface area contributed by atoms with Gasteiger partial charge in [0.2, 0.25) is 5.91 Å². The van der Waals surface area contributed by atoms with E-state index in [2.05, 4.69) is 13.8 Å². The molecule has 0 aromatic carbocycles. The molecule has 3 aliphatic rings. The van der Waals surface area contributed by atoms with Crippen LogP contribution in [0.3, 0.4) is 0 Å². The lowest BCUT2D eigenvalue weighted by Gasteiger charge is -2.49. The molecule has 7 atom stereocenters. The Hall–Kier alpha value is 0.420. The van der Waals surface area contributed by atoms with E-state index in [0.29, 0.717) is 13.1 Å². The number of carbonyl (C=O) groups is 2. The number of alkyl halides is 4. The molecule has 0 saturated heterocycles. The van der Waals surface area contributed by atoms with Crippen molar-refractivity contribution in [3.63, 3.8) is 0 Å². The molecule has 3 aliphatic carbocycles. The number of aliphatic carboxylic acids is 1. The van der Waals surface area contributed by atoms with Crippen molar-refractivity contribution in [2.45, 2.75) is 67.0 Å². The monoisotopic (exact) mass is 565 g/mol. The Morgan fingerprint density at radius 1 is 1.00 bits per heavy atom. The van der Waals surface area contributed by atoms with E-state index in [1.165, 1.54) is 0 Å². The number of hydrogen-bond acceptors (Lipinski definition) is 2. The number of nitrogens with zero attached hydrogens (tertiary/aromatic N) is 1. The Bertz CT molecular complexity index is 811. The van der Waals surface area contributed by atoms with E-state index in [9.17, 15) is 14.7 Å². The second-order valence-corrected chi connectivity index (χ2v) is 12.6. The first kappa shape index (κ1) is 27.0. The molecule has 0 unspecified atom stereocenters. The maximum absolute atomic E-state index is 13.7. The number of carbonyl (C=O) groups excluding carboxylic acids is 1. The number of amides is 1. The van der Waals surface area contributed by atoms with Gasteiger partial charge in [0.1, 0.15) is 9.75 Å². The Labute approximate surface area is 219 Å². The number of hydrogen-bond donors (Lipinski definition) is 1. The van der Waals surface area contributed by atoms with Crippen LogP contribution in [0.15, 0.2) is 10.1 Å². The third-order valence-corrected chi connectivity index (χ3v) is 12.0. The van der Waals surface area contributed by atoms with Gasteiger partial charge in [-0.1, -0.05) is 80.0 Å². The molecule has 2 bridgehead atoms. The van der Waals surface area contributed by atoms with Crippen molar-refractivity contribution in [1.82, 2.24) is 4.90 Å². The highest BCUT2D eigenvalue weighted by Gasteiger charge is 2.84. The highest BCUT2D eigenvalue weighted by molar-refractivity contribution is 6.65. The first-order valence-corrected chi connectivity index (χ1v) is 13.4. The summed E-state index contributed by atoms with van der Waals surface area (Å²) < 4.78 is -1.74. The van der Waals surface area contributed by atoms with Gasteiger partial charge in [0.05, 0.1) is 21.9 Å². The predicted molar refractivity (Wildman–Crippen MR) is 132 cm³/mol. The summed E-state index contributed by atoms with van der Waals surface area (Å²) in [7, 11) is 0. The summed E-state index contributed by atoms with van der Waals surface area (Å²) in [5.74, 6) is -4.54. The van der Waals surface area contributed by atoms with Crippen molar-refractivity contribution in [3.8, 4) is 0 Å². The third kappa shape index (κ3) is 3.53. The number of unbranched alkanes of at least 4 members (excludes halogenated alkanes) is 2. The molecule has 10 heteroatoms. The number of allylic oxidation sites excluding steroid dienone is 2. The zero-order valence-corrected chi connectivity index (χ0v) is 22.9. The molecule has 0 heterocycles. The van der Waals surface area contributed by atoms with Crippen molar-refractivity contribution in [2.24, 2.45) is 29.6 Å². The van der Waals surface area contributed by atoms with Crippen LogP contribution in [0, 0.1) is 29.6 Å². The van der Waals surface area contributed by atoms with Crippen LogP contribution in [0.1, 0.15) is 52.9 Å². The van der Waals surface area contributed by atoms with Crippen molar-refractivity contribution in [3.05, 3.63) is 10.1 Å². The maximum atomic E-state index is 13.7. The van der Waals surface area contributed by atoms with E-state index in [4.69, 9.17) is 69.6 Å². The minimum Gasteiger partial charge on any atom is -0.481 e. The molecule has 0 aliphatic heterocycles. The summed E-state index contributed by atoms with van der Waals surface area (Å²) in [5, 5.41) is 10.3. The predicted octanol–water partition coefficient (Wildman–Crippen LogP) is 6.85. The van der Waals surface area contributed by atoms with Gasteiger partial charge in [-0.05, 0) is 37.0 Å². The minimum atomic E-state index is -1.74. The summed E-state index contributed by atoms with van der Waals surface area (Å²) in [4.78, 5) is 24.9. The Balaban J connectivity index is 2.05. The van der Waals surface area contributed by atoms with Crippen LogP contribution in [0.2, 0.25) is 0 Å². The number of carboxylic acids is 1. The molecule has 1 N–H and O–H groups in total. The van der Waals surface area contributed by atoms with Gasteiger partial charge in [-0.15, -0.1) is 23.2 Å². The molecule has 0 aromatic heterocycles. The third-order valence-electron chi connectivity index (χ3n) is 7.70. The van der Waals surface area contributed by atoms with Crippen LogP contribution >= 0.6 is 69.6 Å². The van der Waals surface area contributed by atoms with E-state index in [-0.39, 0.29) is 22.4 Å². The van der Waals surface area contributed by atoms with E-state index in [1.54, 1.807) is 11.8 Å². The fraction of sp³-hybridized carbons (Fsp3) is 0.818. The van der Waals surface area contributed by atoms with Crippen LogP contribution in [-0.4, -0.2) is 49.1 Å². The Morgan fingerprint density at radius 3 is 1.97 bits per heavy atom. The molecular formula is C22H29Cl6NO3. The van der Waals surface area contributed by atoms with Crippen LogP contribution < -0.4 is 0 Å². The first-order valence-electron chi connectivity index (χ1n) is 11.2. The molecule has 0 radical (unpaired) electrons. The van der Waals surface area contributed by atoms with Crippen molar-refractivity contribution in [1.29, 1.82) is 0 Å². The molecule has 4 nitrogen and oxygen atoms in total. The number of carboxylic acid groups (broad SMARTS) is 1. The fourth-order valence-corrected chi connectivity index (χ4v) is 9.26. The lowest BCUT2D eigenvalue weighted by Crippen LogP contribution is -2.54. The molecule has 0 aromatic rings. The average Bonchev–Trinajstić information content (AvgIpc) is 2.93. The number of rotatable bonds is 8. The topological polar surface area (TPSA) is 57.6 Å².